The molecular formula is C19H16FN5O4. The smallest absolute Gasteiger partial charge is 0.283 e. The number of azo groups is 1. The van der Waals surface area contributed by atoms with Crippen LogP contribution < -0.4 is 11.1 Å². The van der Waals surface area contributed by atoms with Crippen molar-refractivity contribution < 1.29 is 23.9 Å². The van der Waals surface area contributed by atoms with Crippen LogP contribution in [0.5, 0.6) is 5.88 Å². The molecule has 3 rings (SSSR count). The Kier molecular flexibility index (Phi) is 5.63. The number of aromatic nitrogens is 1. The van der Waals surface area contributed by atoms with Gasteiger partial charge >= 0.3 is 0 Å². The Morgan fingerprint density at radius 3 is 2.52 bits per heavy atom. The molecule has 0 atom stereocenters. The van der Waals surface area contributed by atoms with E-state index in [-0.39, 0.29) is 23.7 Å². The fraction of sp³-hybridized carbons (Fsp3) is 0.105. The van der Waals surface area contributed by atoms with E-state index in [2.05, 4.69) is 15.5 Å². The monoisotopic (exact) mass is 397 g/mol. The van der Waals surface area contributed by atoms with E-state index in [0.29, 0.717) is 10.9 Å². The minimum atomic E-state index is -0.819. The Morgan fingerprint density at radius 1 is 1.10 bits per heavy atom. The number of benzene rings is 2. The largest absolute Gasteiger partial charge is 0.493 e. The number of nitrogens with one attached hydrogen (secondary N) is 1. The summed E-state index contributed by atoms with van der Waals surface area (Å²) in [5.74, 6) is -3.35. The number of hydrogen-bond donors (Lipinski definition) is 3. The molecule has 3 aromatic rings. The van der Waals surface area contributed by atoms with Crippen LogP contribution >= 0.6 is 0 Å². The van der Waals surface area contributed by atoms with Crippen molar-refractivity contribution in [2.45, 2.75) is 6.54 Å². The summed E-state index contributed by atoms with van der Waals surface area (Å²) in [7, 11) is 0. The van der Waals surface area contributed by atoms with E-state index >= 15 is 0 Å². The van der Waals surface area contributed by atoms with Crippen molar-refractivity contribution in [2.24, 2.45) is 16.0 Å². The molecule has 0 aliphatic carbocycles. The molecule has 1 aromatic heterocycles. The maximum atomic E-state index is 13.6. The number of halogens is 1. The highest BCUT2D eigenvalue weighted by Gasteiger charge is 2.18. The number of fused-ring (bicyclic) bond motifs is 1. The lowest BCUT2D eigenvalue weighted by Gasteiger charge is -2.03. The Balaban J connectivity index is 1.76. The average Bonchev–Trinajstić information content (AvgIpc) is 2.96. The van der Waals surface area contributed by atoms with Gasteiger partial charge in [0, 0.05) is 5.39 Å². The van der Waals surface area contributed by atoms with Gasteiger partial charge in [0.1, 0.15) is 18.9 Å². The van der Waals surface area contributed by atoms with Gasteiger partial charge in [-0.3, -0.25) is 14.4 Å². The van der Waals surface area contributed by atoms with Crippen LogP contribution in [-0.2, 0) is 16.1 Å². The zero-order valence-electron chi connectivity index (χ0n) is 15.0. The van der Waals surface area contributed by atoms with Gasteiger partial charge in [0.05, 0.1) is 11.1 Å². The molecule has 148 valence electrons. The number of para-hydroxylation sites is 1. The molecule has 0 bridgehead atoms. The predicted octanol–water partition coefficient (Wildman–Crippen LogP) is 2.01. The molecule has 9 nitrogen and oxygen atoms in total. The number of hydrogen-bond acceptors (Lipinski definition) is 5. The second kappa shape index (κ2) is 8.30. The van der Waals surface area contributed by atoms with Crippen molar-refractivity contribution in [1.82, 2.24) is 9.88 Å². The number of nitrogens with zero attached hydrogens (tertiary/aromatic N) is 3. The molecule has 0 aliphatic rings. The minimum absolute atomic E-state index is 0.0179. The number of rotatable bonds is 6. The number of nitrogens with two attached hydrogens (primary N) is 1. The first-order valence-corrected chi connectivity index (χ1v) is 8.44. The molecule has 0 unspecified atom stereocenters. The van der Waals surface area contributed by atoms with Crippen molar-refractivity contribution in [3.05, 3.63) is 59.9 Å². The van der Waals surface area contributed by atoms with E-state index in [9.17, 15) is 23.9 Å². The maximum Gasteiger partial charge on any atom is 0.283 e. The fourth-order valence-corrected chi connectivity index (χ4v) is 2.72. The third-order valence-corrected chi connectivity index (χ3v) is 4.01. The highest BCUT2D eigenvalue weighted by Crippen LogP contribution is 2.38. The minimum Gasteiger partial charge on any atom is -0.493 e. The molecule has 10 heteroatoms. The first-order chi connectivity index (χ1) is 13.9. The van der Waals surface area contributed by atoms with Gasteiger partial charge in [0.2, 0.25) is 11.8 Å². The second-order valence-corrected chi connectivity index (χ2v) is 6.00. The van der Waals surface area contributed by atoms with Crippen LogP contribution in [0.2, 0.25) is 0 Å². The van der Waals surface area contributed by atoms with E-state index in [0.717, 1.165) is 6.07 Å². The van der Waals surface area contributed by atoms with E-state index in [1.807, 2.05) is 0 Å². The SMILES string of the molecule is NC(=O)Cn1c(O)c(N=NC(=O)CNC(=O)c2ccccc2F)c2ccccc21. The Bertz CT molecular complexity index is 1140. The number of primary amides is 1. The quantitative estimate of drug-likeness (QED) is 0.548. The fourth-order valence-electron chi connectivity index (χ4n) is 2.72. The van der Waals surface area contributed by atoms with Crippen molar-refractivity contribution >= 4 is 34.3 Å². The van der Waals surface area contributed by atoms with Gasteiger partial charge in [-0.25, -0.2) is 4.39 Å². The lowest BCUT2D eigenvalue weighted by molar-refractivity contribution is -0.119. The molecular weight excluding hydrogens is 381 g/mol. The van der Waals surface area contributed by atoms with Crippen molar-refractivity contribution in [1.29, 1.82) is 0 Å². The van der Waals surface area contributed by atoms with Gasteiger partial charge in [-0.05, 0) is 18.2 Å². The lowest BCUT2D eigenvalue weighted by atomic mass is 10.2. The van der Waals surface area contributed by atoms with Gasteiger partial charge in [0.25, 0.3) is 11.8 Å². The standard InChI is InChI=1S/C19H16FN5O4/c20-13-7-3-1-5-11(13)18(28)22-9-16(27)23-24-17-12-6-2-4-8-14(12)25(19(17)29)10-15(21)26/h1-8,29H,9-10H2,(H2,21,26)(H,22,28). The van der Waals surface area contributed by atoms with E-state index in [4.69, 9.17) is 5.73 Å². The summed E-state index contributed by atoms with van der Waals surface area (Å²) in [6, 6.07) is 12.0. The molecule has 0 fully saturated rings. The van der Waals surface area contributed by atoms with Crippen molar-refractivity contribution in [3.8, 4) is 5.88 Å². The molecule has 0 saturated heterocycles. The van der Waals surface area contributed by atoms with Gasteiger partial charge in [-0.2, -0.15) is 0 Å². The first-order valence-electron chi connectivity index (χ1n) is 8.44. The number of aromatic hydroxyl groups is 1. The summed E-state index contributed by atoms with van der Waals surface area (Å²) in [4.78, 5) is 35.1. The molecule has 0 radical (unpaired) electrons. The van der Waals surface area contributed by atoms with Crippen LogP contribution in [0.3, 0.4) is 0 Å². The first kappa shape index (κ1) is 19.7. The van der Waals surface area contributed by atoms with Gasteiger partial charge < -0.3 is 20.7 Å². The normalized spacial score (nSPS) is 11.1. The molecule has 4 N–H and O–H groups in total. The molecule has 29 heavy (non-hydrogen) atoms. The Morgan fingerprint density at radius 2 is 1.79 bits per heavy atom. The molecule has 1 heterocycles. The topological polar surface area (TPSA) is 139 Å². The summed E-state index contributed by atoms with van der Waals surface area (Å²) >= 11 is 0. The lowest BCUT2D eigenvalue weighted by Crippen LogP contribution is -2.29. The number of carbonyl (C=O) groups excluding carboxylic acids is 3. The predicted molar refractivity (Wildman–Crippen MR) is 101 cm³/mol. The molecule has 0 saturated carbocycles. The second-order valence-electron chi connectivity index (χ2n) is 6.00. The van der Waals surface area contributed by atoms with Crippen LogP contribution in [0.1, 0.15) is 10.4 Å². The third kappa shape index (κ3) is 4.26. The van der Waals surface area contributed by atoms with E-state index < -0.39 is 30.1 Å². The maximum absolute atomic E-state index is 13.6. The number of amides is 3. The van der Waals surface area contributed by atoms with Crippen LogP contribution in [0.25, 0.3) is 10.9 Å². The van der Waals surface area contributed by atoms with Crippen molar-refractivity contribution in [2.75, 3.05) is 6.54 Å². The summed E-state index contributed by atoms with van der Waals surface area (Å²) in [6.07, 6.45) is 0. The summed E-state index contributed by atoms with van der Waals surface area (Å²) < 4.78 is 14.8. The van der Waals surface area contributed by atoms with Gasteiger partial charge in [-0.1, -0.05) is 30.3 Å². The molecule has 2 aromatic carbocycles. The van der Waals surface area contributed by atoms with Gasteiger partial charge in [0.15, 0.2) is 5.69 Å². The zero-order chi connectivity index (χ0) is 21.0. The van der Waals surface area contributed by atoms with Crippen molar-refractivity contribution in [3.63, 3.8) is 0 Å². The third-order valence-electron chi connectivity index (χ3n) is 4.01. The van der Waals surface area contributed by atoms with E-state index in [1.54, 1.807) is 24.3 Å². The van der Waals surface area contributed by atoms with Crippen LogP contribution in [0, 0.1) is 5.82 Å². The van der Waals surface area contributed by atoms with E-state index in [1.165, 1.54) is 22.8 Å². The molecule has 0 aliphatic heterocycles. The highest BCUT2D eigenvalue weighted by atomic mass is 19.1. The summed E-state index contributed by atoms with van der Waals surface area (Å²) in [5, 5.41) is 20.3. The average molecular weight is 397 g/mol. The van der Waals surface area contributed by atoms with Gasteiger partial charge in [-0.15, -0.1) is 10.2 Å². The summed E-state index contributed by atoms with van der Waals surface area (Å²) in [5.41, 5.74) is 5.46. The highest BCUT2D eigenvalue weighted by molar-refractivity contribution is 5.98. The summed E-state index contributed by atoms with van der Waals surface area (Å²) in [6.45, 7) is -0.800. The molecule has 3 amide bonds. The number of carbonyl (C=O) groups is 3. The Labute approximate surface area is 163 Å². The Hall–Kier alpha value is -4.08. The van der Waals surface area contributed by atoms with Crippen LogP contribution in [0.4, 0.5) is 10.1 Å². The molecule has 0 spiro atoms. The van der Waals surface area contributed by atoms with Crippen LogP contribution in [-0.4, -0.2) is 33.9 Å². The zero-order valence-corrected chi connectivity index (χ0v) is 15.0. The van der Waals surface area contributed by atoms with Crippen LogP contribution in [0.15, 0.2) is 58.8 Å².